The lowest BCUT2D eigenvalue weighted by Crippen LogP contribution is -2.48. The summed E-state index contributed by atoms with van der Waals surface area (Å²) < 4.78 is 0. The van der Waals surface area contributed by atoms with E-state index >= 15 is 0 Å². The SMILES string of the molecule is CC1CCN(C(=O)CN2CCCCC2C=O)CC1. The lowest BCUT2D eigenvalue weighted by atomic mass is 9.99. The molecule has 2 heterocycles. The van der Waals surface area contributed by atoms with Crippen LogP contribution in [0.15, 0.2) is 0 Å². The smallest absolute Gasteiger partial charge is 0.236 e. The fourth-order valence-electron chi connectivity index (χ4n) is 2.90. The first-order valence-corrected chi connectivity index (χ1v) is 7.18. The Balaban J connectivity index is 1.84. The highest BCUT2D eigenvalue weighted by Gasteiger charge is 2.27. The molecule has 0 aromatic carbocycles. The molecule has 1 atom stereocenters. The summed E-state index contributed by atoms with van der Waals surface area (Å²) in [5.41, 5.74) is 0. The predicted molar refractivity (Wildman–Crippen MR) is 70.3 cm³/mol. The zero-order chi connectivity index (χ0) is 13.0. The molecule has 1 unspecified atom stereocenters. The van der Waals surface area contributed by atoms with Gasteiger partial charge < -0.3 is 9.69 Å². The Labute approximate surface area is 109 Å². The first-order chi connectivity index (χ1) is 8.70. The fraction of sp³-hybridized carbons (Fsp3) is 0.857. The molecule has 18 heavy (non-hydrogen) atoms. The highest BCUT2D eigenvalue weighted by molar-refractivity contribution is 5.79. The maximum atomic E-state index is 12.2. The van der Waals surface area contributed by atoms with Crippen molar-refractivity contribution in [3.8, 4) is 0 Å². The van der Waals surface area contributed by atoms with Crippen molar-refractivity contribution in [1.29, 1.82) is 0 Å². The molecule has 0 N–H and O–H groups in total. The topological polar surface area (TPSA) is 40.6 Å². The van der Waals surface area contributed by atoms with E-state index in [9.17, 15) is 9.59 Å². The van der Waals surface area contributed by atoms with Crippen LogP contribution in [0, 0.1) is 5.92 Å². The molecule has 0 aliphatic carbocycles. The van der Waals surface area contributed by atoms with E-state index in [1.54, 1.807) is 0 Å². The third-order valence-corrected chi connectivity index (χ3v) is 4.30. The number of likely N-dealkylation sites (tertiary alicyclic amines) is 2. The van der Waals surface area contributed by atoms with Gasteiger partial charge in [-0.15, -0.1) is 0 Å². The summed E-state index contributed by atoms with van der Waals surface area (Å²) in [6.45, 7) is 5.34. The molecule has 0 spiro atoms. The summed E-state index contributed by atoms with van der Waals surface area (Å²) in [6, 6.07) is -0.0357. The highest BCUT2D eigenvalue weighted by Crippen LogP contribution is 2.18. The molecule has 0 aromatic heterocycles. The second-order valence-corrected chi connectivity index (χ2v) is 5.73. The van der Waals surface area contributed by atoms with Gasteiger partial charge in [0, 0.05) is 13.1 Å². The Hall–Kier alpha value is -0.900. The summed E-state index contributed by atoms with van der Waals surface area (Å²) in [5, 5.41) is 0. The van der Waals surface area contributed by atoms with Gasteiger partial charge in [0.2, 0.25) is 5.91 Å². The minimum Gasteiger partial charge on any atom is -0.342 e. The zero-order valence-electron chi connectivity index (χ0n) is 11.3. The van der Waals surface area contributed by atoms with E-state index in [-0.39, 0.29) is 11.9 Å². The number of hydrogen-bond donors (Lipinski definition) is 0. The lowest BCUT2D eigenvalue weighted by Gasteiger charge is -2.35. The van der Waals surface area contributed by atoms with Crippen molar-refractivity contribution in [2.45, 2.75) is 45.1 Å². The number of rotatable bonds is 3. The van der Waals surface area contributed by atoms with E-state index in [0.29, 0.717) is 6.54 Å². The first-order valence-electron chi connectivity index (χ1n) is 7.18. The molecule has 0 aromatic rings. The van der Waals surface area contributed by atoms with Crippen molar-refractivity contribution in [1.82, 2.24) is 9.80 Å². The molecule has 2 aliphatic heterocycles. The monoisotopic (exact) mass is 252 g/mol. The van der Waals surface area contributed by atoms with Crippen molar-refractivity contribution in [3.63, 3.8) is 0 Å². The number of amides is 1. The quantitative estimate of drug-likeness (QED) is 0.711. The van der Waals surface area contributed by atoms with E-state index in [2.05, 4.69) is 11.8 Å². The molecule has 2 aliphatic rings. The van der Waals surface area contributed by atoms with Crippen LogP contribution in [0.4, 0.5) is 0 Å². The van der Waals surface area contributed by atoms with Crippen LogP contribution in [-0.4, -0.2) is 54.2 Å². The van der Waals surface area contributed by atoms with Gasteiger partial charge in [-0.05, 0) is 38.1 Å². The molecule has 0 saturated carbocycles. The molecule has 1 amide bonds. The van der Waals surface area contributed by atoms with Gasteiger partial charge in [0.05, 0.1) is 12.6 Å². The van der Waals surface area contributed by atoms with Gasteiger partial charge in [0.25, 0.3) is 0 Å². The second-order valence-electron chi connectivity index (χ2n) is 5.73. The van der Waals surface area contributed by atoms with Crippen LogP contribution < -0.4 is 0 Å². The maximum Gasteiger partial charge on any atom is 0.236 e. The molecular formula is C14H24N2O2. The summed E-state index contributed by atoms with van der Waals surface area (Å²) >= 11 is 0. The van der Waals surface area contributed by atoms with E-state index in [4.69, 9.17) is 0 Å². The molecular weight excluding hydrogens is 228 g/mol. The summed E-state index contributed by atoms with van der Waals surface area (Å²) in [6.07, 6.45) is 6.36. The minimum absolute atomic E-state index is 0.0357. The Morgan fingerprint density at radius 3 is 2.56 bits per heavy atom. The van der Waals surface area contributed by atoms with Crippen molar-refractivity contribution >= 4 is 12.2 Å². The Morgan fingerprint density at radius 2 is 1.89 bits per heavy atom. The van der Waals surface area contributed by atoms with E-state index < -0.39 is 0 Å². The number of piperidine rings is 2. The molecule has 4 heteroatoms. The standard InChI is InChI=1S/C14H24N2O2/c1-12-5-8-15(9-6-12)14(18)10-16-7-3-2-4-13(16)11-17/h11-13H,2-10H2,1H3. The third kappa shape index (κ3) is 3.31. The molecule has 0 bridgehead atoms. The number of carbonyl (C=O) groups is 2. The summed E-state index contributed by atoms with van der Waals surface area (Å²) in [4.78, 5) is 27.2. The van der Waals surface area contributed by atoms with Crippen LogP contribution in [0.25, 0.3) is 0 Å². The average Bonchev–Trinajstić information content (AvgIpc) is 2.40. The zero-order valence-corrected chi connectivity index (χ0v) is 11.3. The van der Waals surface area contributed by atoms with Crippen LogP contribution in [0.2, 0.25) is 0 Å². The van der Waals surface area contributed by atoms with E-state index in [0.717, 1.165) is 63.9 Å². The van der Waals surface area contributed by atoms with Gasteiger partial charge in [-0.2, -0.15) is 0 Å². The Morgan fingerprint density at radius 1 is 1.17 bits per heavy atom. The number of nitrogens with zero attached hydrogens (tertiary/aromatic N) is 2. The Bertz CT molecular complexity index is 298. The van der Waals surface area contributed by atoms with Crippen molar-refractivity contribution in [3.05, 3.63) is 0 Å². The van der Waals surface area contributed by atoms with Crippen molar-refractivity contribution in [2.24, 2.45) is 5.92 Å². The number of carbonyl (C=O) groups excluding carboxylic acids is 2. The van der Waals surface area contributed by atoms with Crippen LogP contribution in [0.1, 0.15) is 39.0 Å². The van der Waals surface area contributed by atoms with Gasteiger partial charge in [0.1, 0.15) is 6.29 Å². The third-order valence-electron chi connectivity index (χ3n) is 4.30. The van der Waals surface area contributed by atoms with Crippen LogP contribution in [0.3, 0.4) is 0 Å². The normalized spacial score (nSPS) is 27.2. The number of hydrogen-bond acceptors (Lipinski definition) is 3. The van der Waals surface area contributed by atoms with Crippen molar-refractivity contribution in [2.75, 3.05) is 26.2 Å². The lowest BCUT2D eigenvalue weighted by molar-refractivity contribution is -0.135. The summed E-state index contributed by atoms with van der Waals surface area (Å²) in [7, 11) is 0. The molecule has 2 fully saturated rings. The minimum atomic E-state index is -0.0357. The Kier molecular flexibility index (Phi) is 4.75. The molecule has 4 nitrogen and oxygen atoms in total. The van der Waals surface area contributed by atoms with Crippen LogP contribution in [0.5, 0.6) is 0 Å². The van der Waals surface area contributed by atoms with Gasteiger partial charge >= 0.3 is 0 Å². The molecule has 102 valence electrons. The van der Waals surface area contributed by atoms with Gasteiger partial charge in [-0.1, -0.05) is 13.3 Å². The van der Waals surface area contributed by atoms with Crippen LogP contribution >= 0.6 is 0 Å². The second kappa shape index (κ2) is 6.32. The summed E-state index contributed by atoms with van der Waals surface area (Å²) in [5.74, 6) is 0.947. The van der Waals surface area contributed by atoms with Gasteiger partial charge in [-0.25, -0.2) is 0 Å². The van der Waals surface area contributed by atoms with Gasteiger partial charge in [0.15, 0.2) is 0 Å². The average molecular weight is 252 g/mol. The fourth-order valence-corrected chi connectivity index (χ4v) is 2.90. The van der Waals surface area contributed by atoms with Gasteiger partial charge in [-0.3, -0.25) is 9.69 Å². The van der Waals surface area contributed by atoms with E-state index in [1.807, 2.05) is 4.90 Å². The first kappa shape index (κ1) is 13.5. The van der Waals surface area contributed by atoms with Crippen LogP contribution in [-0.2, 0) is 9.59 Å². The molecule has 2 rings (SSSR count). The predicted octanol–water partition coefficient (Wildman–Crippen LogP) is 1.30. The number of aldehydes is 1. The highest BCUT2D eigenvalue weighted by atomic mass is 16.2. The largest absolute Gasteiger partial charge is 0.342 e. The molecule has 2 saturated heterocycles. The molecule has 0 radical (unpaired) electrons. The van der Waals surface area contributed by atoms with E-state index in [1.165, 1.54) is 0 Å². The van der Waals surface area contributed by atoms with Crippen molar-refractivity contribution < 1.29 is 9.59 Å². The maximum absolute atomic E-state index is 12.2.